The van der Waals surface area contributed by atoms with Gasteiger partial charge < -0.3 is 4.74 Å². The second kappa shape index (κ2) is 4.84. The van der Waals surface area contributed by atoms with Gasteiger partial charge in [-0.2, -0.15) is 0 Å². The van der Waals surface area contributed by atoms with E-state index in [9.17, 15) is 4.79 Å². The minimum absolute atomic E-state index is 0.244. The Morgan fingerprint density at radius 3 is 2.95 bits per heavy atom. The van der Waals surface area contributed by atoms with Crippen molar-refractivity contribution in [3.05, 3.63) is 35.4 Å². The van der Waals surface area contributed by atoms with Gasteiger partial charge in [0, 0.05) is 5.92 Å². The van der Waals surface area contributed by atoms with Gasteiger partial charge in [0.05, 0.1) is 7.11 Å². The fourth-order valence-corrected chi connectivity index (χ4v) is 3.45. The summed E-state index contributed by atoms with van der Waals surface area (Å²) in [6.45, 7) is 1.73. The van der Waals surface area contributed by atoms with Gasteiger partial charge >= 0.3 is 0 Å². The largest absolute Gasteiger partial charge is 0.497 e. The molecule has 0 aromatic heterocycles. The lowest BCUT2D eigenvalue weighted by Crippen LogP contribution is -2.24. The van der Waals surface area contributed by atoms with Crippen LogP contribution in [-0.4, -0.2) is 12.9 Å². The predicted molar refractivity (Wildman–Crippen MR) is 76.2 cm³/mol. The summed E-state index contributed by atoms with van der Waals surface area (Å²) in [6, 6.07) is 6.38. The van der Waals surface area contributed by atoms with Gasteiger partial charge in [0.15, 0.2) is 0 Å². The number of hydrogen-bond acceptors (Lipinski definition) is 2. The van der Waals surface area contributed by atoms with Crippen LogP contribution < -0.4 is 4.74 Å². The molecule has 2 aliphatic carbocycles. The fraction of sp³-hybridized carbons (Fsp3) is 0.471. The highest BCUT2D eigenvalue weighted by Gasteiger charge is 2.31. The zero-order chi connectivity index (χ0) is 13.4. The zero-order valence-electron chi connectivity index (χ0n) is 11.6. The molecule has 100 valence electrons. The molecule has 3 rings (SSSR count). The average molecular weight is 256 g/mol. The summed E-state index contributed by atoms with van der Waals surface area (Å²) < 4.78 is 5.30. The van der Waals surface area contributed by atoms with Gasteiger partial charge in [-0.15, -0.1) is 0 Å². The normalized spacial score (nSPS) is 25.1. The first-order valence-electron chi connectivity index (χ1n) is 7.07. The number of ketones is 1. The smallest absolute Gasteiger partial charge is 0.133 e. The van der Waals surface area contributed by atoms with Crippen LogP contribution in [0.25, 0.3) is 5.57 Å². The third-order valence-corrected chi connectivity index (χ3v) is 4.59. The Morgan fingerprint density at radius 1 is 1.37 bits per heavy atom. The van der Waals surface area contributed by atoms with Crippen LogP contribution in [0.5, 0.6) is 5.75 Å². The van der Waals surface area contributed by atoms with E-state index < -0.39 is 0 Å². The van der Waals surface area contributed by atoms with E-state index in [4.69, 9.17) is 4.74 Å². The highest BCUT2D eigenvalue weighted by Crippen LogP contribution is 2.43. The van der Waals surface area contributed by atoms with E-state index in [0.717, 1.165) is 31.4 Å². The molecular formula is C17H20O2. The Morgan fingerprint density at radius 2 is 2.21 bits per heavy atom. The summed E-state index contributed by atoms with van der Waals surface area (Å²) in [6.07, 6.45) is 6.50. The number of Topliss-reactive ketones (excluding diaryl/α,β-unsaturated/α-hetero) is 1. The minimum Gasteiger partial charge on any atom is -0.497 e. The number of rotatable bonds is 2. The third kappa shape index (κ3) is 2.20. The van der Waals surface area contributed by atoms with Gasteiger partial charge in [-0.05, 0) is 67.4 Å². The number of fused-ring (bicyclic) bond motifs is 3. The van der Waals surface area contributed by atoms with E-state index >= 15 is 0 Å². The summed E-state index contributed by atoms with van der Waals surface area (Å²) >= 11 is 0. The number of ether oxygens (including phenoxy) is 1. The highest BCUT2D eigenvalue weighted by atomic mass is 16.5. The Balaban J connectivity index is 1.95. The Kier molecular flexibility index (Phi) is 3.17. The molecule has 0 saturated heterocycles. The zero-order valence-corrected chi connectivity index (χ0v) is 11.6. The van der Waals surface area contributed by atoms with E-state index in [1.165, 1.54) is 16.7 Å². The first-order valence-corrected chi connectivity index (χ1v) is 7.07. The molecule has 2 nitrogen and oxygen atoms in total. The lowest BCUT2D eigenvalue weighted by atomic mass is 9.70. The summed E-state index contributed by atoms with van der Waals surface area (Å²) in [7, 11) is 1.71. The molecule has 1 aromatic rings. The molecule has 0 spiro atoms. The fourth-order valence-electron chi connectivity index (χ4n) is 3.45. The maximum Gasteiger partial charge on any atom is 0.133 e. The maximum absolute atomic E-state index is 11.6. The van der Waals surface area contributed by atoms with Gasteiger partial charge in [0.25, 0.3) is 0 Å². The van der Waals surface area contributed by atoms with Crippen molar-refractivity contribution >= 4 is 11.4 Å². The minimum atomic E-state index is 0.244. The van der Waals surface area contributed by atoms with Crippen molar-refractivity contribution in [3.8, 4) is 5.75 Å². The number of allylic oxidation sites excluding steroid dienone is 2. The van der Waals surface area contributed by atoms with Crippen molar-refractivity contribution in [1.29, 1.82) is 0 Å². The topological polar surface area (TPSA) is 26.3 Å². The van der Waals surface area contributed by atoms with Crippen LogP contribution in [-0.2, 0) is 11.2 Å². The highest BCUT2D eigenvalue weighted by molar-refractivity contribution is 5.81. The molecule has 0 N–H and O–H groups in total. The SMILES string of the molecule is COc1ccc2c(c1)CCC1CC(C(C)=O)CC=C21. The van der Waals surface area contributed by atoms with Crippen molar-refractivity contribution in [2.45, 2.75) is 32.6 Å². The molecule has 2 atom stereocenters. The van der Waals surface area contributed by atoms with Crippen LogP contribution in [0.3, 0.4) is 0 Å². The summed E-state index contributed by atoms with van der Waals surface area (Å²) in [5, 5.41) is 0. The monoisotopic (exact) mass is 256 g/mol. The molecular weight excluding hydrogens is 236 g/mol. The van der Waals surface area contributed by atoms with Crippen LogP contribution in [0.2, 0.25) is 0 Å². The standard InChI is InChI=1S/C17H20O2/c1-11(18)12-5-7-16-13(9-12)3-4-14-10-15(19-2)6-8-17(14)16/h6-8,10,12-13H,3-5,9H2,1-2H3. The van der Waals surface area contributed by atoms with Crippen molar-refractivity contribution in [2.24, 2.45) is 11.8 Å². The molecule has 2 aliphatic rings. The summed E-state index contributed by atoms with van der Waals surface area (Å²) in [4.78, 5) is 11.6. The molecule has 2 heteroatoms. The molecule has 0 radical (unpaired) electrons. The summed E-state index contributed by atoms with van der Waals surface area (Å²) in [5.74, 6) is 2.10. The molecule has 2 unspecified atom stereocenters. The molecule has 0 amide bonds. The Labute approximate surface area is 114 Å². The van der Waals surface area contributed by atoms with Crippen LogP contribution in [0.4, 0.5) is 0 Å². The lowest BCUT2D eigenvalue weighted by Gasteiger charge is -2.34. The van der Waals surface area contributed by atoms with Gasteiger partial charge in [-0.1, -0.05) is 12.1 Å². The molecule has 1 aromatic carbocycles. The quantitative estimate of drug-likeness (QED) is 0.807. The molecule has 0 saturated carbocycles. The van der Waals surface area contributed by atoms with Gasteiger partial charge in [0.1, 0.15) is 11.5 Å². The second-order valence-electron chi connectivity index (χ2n) is 5.70. The van der Waals surface area contributed by atoms with Crippen molar-refractivity contribution < 1.29 is 9.53 Å². The second-order valence-corrected chi connectivity index (χ2v) is 5.70. The van der Waals surface area contributed by atoms with Crippen molar-refractivity contribution in [2.75, 3.05) is 7.11 Å². The number of methoxy groups -OCH3 is 1. The number of aryl methyl sites for hydroxylation is 1. The first-order chi connectivity index (χ1) is 9.19. The Bertz CT molecular complexity index is 542. The van der Waals surface area contributed by atoms with Gasteiger partial charge in [-0.25, -0.2) is 0 Å². The van der Waals surface area contributed by atoms with E-state index in [1.54, 1.807) is 14.0 Å². The molecule has 0 aliphatic heterocycles. The number of carbonyl (C=O) groups excluding carboxylic acids is 1. The van der Waals surface area contributed by atoms with E-state index in [1.807, 2.05) is 6.07 Å². The molecule has 0 heterocycles. The Hall–Kier alpha value is -1.57. The van der Waals surface area contributed by atoms with Crippen molar-refractivity contribution in [1.82, 2.24) is 0 Å². The number of carbonyl (C=O) groups is 1. The van der Waals surface area contributed by atoms with Crippen LogP contribution in [0, 0.1) is 11.8 Å². The average Bonchev–Trinajstić information content (AvgIpc) is 2.45. The van der Waals surface area contributed by atoms with Crippen molar-refractivity contribution in [3.63, 3.8) is 0 Å². The first kappa shape index (κ1) is 12.5. The predicted octanol–water partition coefficient (Wildman–Crippen LogP) is 3.64. The lowest BCUT2D eigenvalue weighted by molar-refractivity contribution is -0.121. The number of hydrogen-bond donors (Lipinski definition) is 0. The molecule has 0 bridgehead atoms. The number of benzene rings is 1. The maximum atomic E-state index is 11.6. The van der Waals surface area contributed by atoms with E-state index in [2.05, 4.69) is 18.2 Å². The van der Waals surface area contributed by atoms with E-state index in [0.29, 0.717) is 11.7 Å². The van der Waals surface area contributed by atoms with Crippen LogP contribution >= 0.6 is 0 Å². The van der Waals surface area contributed by atoms with E-state index in [-0.39, 0.29) is 5.92 Å². The molecule has 0 fully saturated rings. The summed E-state index contributed by atoms with van der Waals surface area (Å²) in [5.41, 5.74) is 4.23. The van der Waals surface area contributed by atoms with Crippen LogP contribution in [0.1, 0.15) is 37.3 Å². The van der Waals surface area contributed by atoms with Gasteiger partial charge in [-0.3, -0.25) is 4.79 Å². The molecule has 19 heavy (non-hydrogen) atoms. The third-order valence-electron chi connectivity index (χ3n) is 4.59. The van der Waals surface area contributed by atoms with Crippen LogP contribution in [0.15, 0.2) is 24.3 Å². The van der Waals surface area contributed by atoms with Gasteiger partial charge in [0.2, 0.25) is 0 Å².